The fourth-order valence-electron chi connectivity index (χ4n) is 1.07. The van der Waals surface area contributed by atoms with Crippen LogP contribution >= 0.6 is 0 Å². The Morgan fingerprint density at radius 2 is 1.31 bits per heavy atom. The molecule has 0 spiro atoms. The van der Waals surface area contributed by atoms with Crippen LogP contribution in [0, 0.1) is 0 Å². The van der Waals surface area contributed by atoms with Crippen molar-refractivity contribution in [3.8, 4) is 0 Å². The molecule has 2 nitrogen and oxygen atoms in total. The summed E-state index contributed by atoms with van der Waals surface area (Å²) in [4.78, 5) is 8.61. The summed E-state index contributed by atoms with van der Waals surface area (Å²) < 4.78 is 2.43. The molecule has 0 aromatic carbocycles. The fraction of sp³-hybridized carbons (Fsp3) is 0. The van der Waals surface area contributed by atoms with Gasteiger partial charge in [-0.15, -0.1) is 0 Å². The first kappa shape index (κ1) is 8.75. The molecule has 0 saturated heterocycles. The Morgan fingerprint density at radius 3 is 1.69 bits per heavy atom. The first-order chi connectivity index (χ1) is 6.45. The molecule has 0 fully saturated rings. The zero-order chi connectivity index (χ0) is 8.93. The topological polar surface area (TPSA) is 25.8 Å². The van der Waals surface area contributed by atoms with Gasteiger partial charge in [-0.2, -0.15) is 0 Å². The van der Waals surface area contributed by atoms with Gasteiger partial charge in [0.25, 0.3) is 0 Å². The minimum absolute atomic E-state index is 0.614. The van der Waals surface area contributed by atoms with Crippen molar-refractivity contribution >= 4 is 6.90 Å². The Hall–Kier alpha value is -0.830. The van der Waals surface area contributed by atoms with Crippen LogP contribution in [0.25, 0.3) is 0 Å². The van der Waals surface area contributed by atoms with Gasteiger partial charge in [0.2, 0.25) is 0 Å². The van der Waals surface area contributed by atoms with Gasteiger partial charge in [0, 0.05) is 0 Å². The molecule has 0 amide bonds. The predicted octanol–water partition coefficient (Wildman–Crippen LogP) is 0.510. The predicted molar refractivity (Wildman–Crippen MR) is 47.7 cm³/mol. The van der Waals surface area contributed by atoms with Crippen LogP contribution in [0.4, 0.5) is 0 Å². The molecule has 0 radical (unpaired) electrons. The quantitative estimate of drug-likeness (QED) is 0.707. The molecule has 0 atom stereocenters. The zero-order valence-electron chi connectivity index (χ0n) is 7.09. The summed E-state index contributed by atoms with van der Waals surface area (Å²) in [6.07, 6.45) is 3.69. The Bertz CT molecular complexity index is 324. The van der Waals surface area contributed by atoms with E-state index in [0.717, 1.165) is 0 Å². The van der Waals surface area contributed by atoms with Gasteiger partial charge in [0.1, 0.15) is 0 Å². The third-order valence-electron chi connectivity index (χ3n) is 1.67. The Morgan fingerprint density at radius 1 is 0.769 bits per heavy atom. The van der Waals surface area contributed by atoms with Crippen LogP contribution in [0.3, 0.4) is 0 Å². The number of aromatic nitrogens is 2. The third kappa shape index (κ3) is 2.56. The van der Waals surface area contributed by atoms with Crippen LogP contribution in [0.5, 0.6) is 0 Å². The summed E-state index contributed by atoms with van der Waals surface area (Å²) in [5.74, 6) is 0. The van der Waals surface area contributed by atoms with Gasteiger partial charge in [-0.05, 0) is 0 Å². The third-order valence-corrected chi connectivity index (χ3v) is 3.66. The average molecular weight is 201 g/mol. The standard InChI is InChI=1S/2C5H4N.Sc/c2*1-2-4-6-5-3-1;/h2*1-4H;. The minimum atomic E-state index is -0.614. The van der Waals surface area contributed by atoms with E-state index in [2.05, 4.69) is 22.1 Å². The molecule has 0 aliphatic heterocycles. The monoisotopic (exact) mass is 201 g/mol. The zero-order valence-corrected chi connectivity index (χ0v) is 8.89. The fourth-order valence-corrected chi connectivity index (χ4v) is 2.70. The second-order valence-corrected chi connectivity index (χ2v) is 4.95. The maximum atomic E-state index is 4.30. The van der Waals surface area contributed by atoms with Crippen molar-refractivity contribution < 1.29 is 22.9 Å². The van der Waals surface area contributed by atoms with Gasteiger partial charge in [0.05, 0.1) is 0 Å². The van der Waals surface area contributed by atoms with Crippen LogP contribution < -0.4 is 6.90 Å². The summed E-state index contributed by atoms with van der Waals surface area (Å²) in [7, 11) is 0. The van der Waals surface area contributed by atoms with Crippen molar-refractivity contribution in [3.63, 3.8) is 0 Å². The van der Waals surface area contributed by atoms with Crippen molar-refractivity contribution in [2.24, 2.45) is 0 Å². The molecular weight excluding hydrogens is 193 g/mol. The van der Waals surface area contributed by atoms with E-state index in [9.17, 15) is 0 Å². The van der Waals surface area contributed by atoms with Crippen molar-refractivity contribution in [2.75, 3.05) is 0 Å². The molecule has 2 heterocycles. The molecule has 61 valence electrons. The van der Waals surface area contributed by atoms with E-state index < -0.39 is 22.9 Å². The SMILES string of the molecule is c1cc[c]([Sc][c]2ccccn2)nc1. The van der Waals surface area contributed by atoms with Gasteiger partial charge in [-0.3, -0.25) is 0 Å². The number of rotatable bonds is 2. The summed E-state index contributed by atoms with van der Waals surface area (Å²) >= 11 is -0.614. The van der Waals surface area contributed by atoms with Crippen LogP contribution in [-0.4, -0.2) is 9.97 Å². The second kappa shape index (κ2) is 4.42. The number of nitrogens with zero attached hydrogens (tertiary/aromatic N) is 2. The first-order valence-electron chi connectivity index (χ1n) is 4.12. The number of pyridine rings is 2. The van der Waals surface area contributed by atoms with Gasteiger partial charge in [0.15, 0.2) is 0 Å². The van der Waals surface area contributed by atoms with Crippen LogP contribution in [0.2, 0.25) is 0 Å². The van der Waals surface area contributed by atoms with Gasteiger partial charge in [-0.25, -0.2) is 0 Å². The summed E-state index contributed by atoms with van der Waals surface area (Å²) in [5, 5.41) is 0. The molecule has 0 aliphatic carbocycles. The van der Waals surface area contributed by atoms with Crippen LogP contribution in [0.15, 0.2) is 48.8 Å². The molecule has 0 aliphatic rings. The first-order valence-corrected chi connectivity index (χ1v) is 5.92. The van der Waals surface area contributed by atoms with Crippen molar-refractivity contribution in [1.29, 1.82) is 0 Å². The molecule has 3 heteroatoms. The van der Waals surface area contributed by atoms with E-state index in [-0.39, 0.29) is 0 Å². The average Bonchev–Trinajstić information content (AvgIpc) is 2.21. The molecule has 0 saturated carbocycles. The van der Waals surface area contributed by atoms with E-state index in [1.807, 2.05) is 36.7 Å². The normalized spacial score (nSPS) is 9.23. The molecule has 2 aromatic heterocycles. The van der Waals surface area contributed by atoms with Gasteiger partial charge < -0.3 is 0 Å². The summed E-state index contributed by atoms with van der Waals surface area (Å²) in [6.45, 7) is 0. The Labute approximate surface area is 88.4 Å². The molecule has 0 N–H and O–H groups in total. The van der Waals surface area contributed by atoms with Crippen LogP contribution in [0.1, 0.15) is 0 Å². The molecule has 0 unspecified atom stereocenters. The summed E-state index contributed by atoms with van der Waals surface area (Å²) in [5.41, 5.74) is 0. The Balaban J connectivity index is 2.16. The van der Waals surface area contributed by atoms with Gasteiger partial charge >= 0.3 is 88.6 Å². The molecule has 2 rings (SSSR count). The van der Waals surface area contributed by atoms with Crippen molar-refractivity contribution in [3.05, 3.63) is 48.8 Å². The van der Waals surface area contributed by atoms with E-state index in [0.29, 0.717) is 0 Å². The molecule has 13 heavy (non-hydrogen) atoms. The van der Waals surface area contributed by atoms with E-state index >= 15 is 0 Å². The summed E-state index contributed by atoms with van der Waals surface area (Å²) in [6, 6.07) is 12.1. The van der Waals surface area contributed by atoms with Gasteiger partial charge in [-0.1, -0.05) is 0 Å². The molecule has 2 aromatic rings. The van der Waals surface area contributed by atoms with E-state index in [4.69, 9.17) is 0 Å². The molecule has 0 bridgehead atoms. The number of hydrogen-bond acceptors (Lipinski definition) is 2. The van der Waals surface area contributed by atoms with E-state index in [1.165, 1.54) is 6.90 Å². The maximum absolute atomic E-state index is 4.30. The number of hydrogen-bond donors (Lipinski definition) is 0. The molecular formula is C10H8N2Sc. The Kier molecular flexibility index (Phi) is 2.98. The van der Waals surface area contributed by atoms with Crippen LogP contribution in [-0.2, 0) is 22.9 Å². The second-order valence-electron chi connectivity index (χ2n) is 2.65. The van der Waals surface area contributed by atoms with Crippen molar-refractivity contribution in [2.45, 2.75) is 0 Å². The van der Waals surface area contributed by atoms with Crippen molar-refractivity contribution in [1.82, 2.24) is 9.97 Å². The van der Waals surface area contributed by atoms with E-state index in [1.54, 1.807) is 0 Å².